The molecule has 2 aromatic rings. The van der Waals surface area contributed by atoms with E-state index in [0.717, 1.165) is 24.1 Å². The molecule has 1 N–H and O–H groups in total. The topological polar surface area (TPSA) is 25.2 Å². The molecule has 2 nitrogen and oxygen atoms in total. The van der Waals surface area contributed by atoms with Crippen LogP contribution in [0.15, 0.2) is 28.3 Å². The van der Waals surface area contributed by atoms with Crippen molar-refractivity contribution in [1.29, 1.82) is 0 Å². The van der Waals surface area contributed by atoms with Crippen molar-refractivity contribution in [2.24, 2.45) is 0 Å². The lowest BCUT2D eigenvalue weighted by atomic mass is 9.78. The first-order chi connectivity index (χ1) is 12.4. The van der Waals surface area contributed by atoms with Gasteiger partial charge in [0, 0.05) is 24.1 Å². The monoisotopic (exact) mass is 405 g/mol. The van der Waals surface area contributed by atoms with Crippen LogP contribution in [-0.4, -0.2) is 22.2 Å². The summed E-state index contributed by atoms with van der Waals surface area (Å²) in [6.07, 6.45) is 7.51. The lowest BCUT2D eigenvalue weighted by molar-refractivity contribution is 0.423. The summed E-state index contributed by atoms with van der Waals surface area (Å²) in [4.78, 5) is 1.38. The van der Waals surface area contributed by atoms with Crippen LogP contribution in [0.2, 0.25) is 0 Å². The lowest BCUT2D eigenvalue weighted by Crippen LogP contribution is -2.18. The summed E-state index contributed by atoms with van der Waals surface area (Å²) < 4.78 is 2.35. The summed E-state index contributed by atoms with van der Waals surface area (Å²) in [6.45, 7) is 16.2. The van der Waals surface area contributed by atoms with Crippen molar-refractivity contribution in [3.05, 3.63) is 40.6 Å². The van der Waals surface area contributed by atoms with Crippen molar-refractivity contribution in [2.45, 2.75) is 82.2 Å². The van der Waals surface area contributed by atoms with Gasteiger partial charge in [0.15, 0.2) is 0 Å². The number of aryl methyl sites for hydroxylation is 1. The summed E-state index contributed by atoms with van der Waals surface area (Å²) in [5.41, 5.74) is 4.54. The molecular formula is C23H35NOS2. The summed E-state index contributed by atoms with van der Waals surface area (Å²) in [6, 6.07) is 4.41. The van der Waals surface area contributed by atoms with Crippen LogP contribution in [0, 0.1) is 0 Å². The highest BCUT2D eigenvalue weighted by molar-refractivity contribution is 8.01. The van der Waals surface area contributed by atoms with Crippen LogP contribution >= 0.6 is 23.5 Å². The van der Waals surface area contributed by atoms with E-state index < -0.39 is 0 Å². The molecule has 1 aromatic heterocycles. The van der Waals surface area contributed by atoms with Gasteiger partial charge in [-0.15, -0.1) is 23.5 Å². The average Bonchev–Trinajstić information content (AvgIpc) is 2.90. The Balaban J connectivity index is 2.62. The van der Waals surface area contributed by atoms with Crippen molar-refractivity contribution >= 4 is 23.5 Å². The third kappa shape index (κ3) is 4.71. The van der Waals surface area contributed by atoms with Crippen molar-refractivity contribution < 1.29 is 5.11 Å². The minimum atomic E-state index is -0.0950. The van der Waals surface area contributed by atoms with Crippen LogP contribution in [0.4, 0.5) is 0 Å². The van der Waals surface area contributed by atoms with Crippen LogP contribution in [0.25, 0.3) is 0 Å². The molecule has 0 radical (unpaired) electrons. The highest BCUT2D eigenvalue weighted by Gasteiger charge is 2.27. The molecule has 0 atom stereocenters. The maximum Gasteiger partial charge on any atom is 0.123 e. The van der Waals surface area contributed by atoms with Gasteiger partial charge in [0.1, 0.15) is 5.75 Å². The number of hydrogen-bond donors (Lipinski definition) is 1. The minimum absolute atomic E-state index is 0.0950. The molecule has 0 aliphatic heterocycles. The van der Waals surface area contributed by atoms with Crippen LogP contribution in [-0.2, 0) is 23.8 Å². The maximum absolute atomic E-state index is 11.0. The first-order valence-electron chi connectivity index (χ1n) is 9.60. The lowest BCUT2D eigenvalue weighted by Gasteiger charge is -2.28. The third-order valence-electron chi connectivity index (χ3n) is 4.98. The average molecular weight is 406 g/mol. The molecule has 0 bridgehead atoms. The Hall–Kier alpha value is -1.000. The van der Waals surface area contributed by atoms with Gasteiger partial charge in [0.2, 0.25) is 0 Å². The number of benzene rings is 1. The number of nitrogens with zero attached hydrogens (tertiary/aromatic N) is 1. The van der Waals surface area contributed by atoms with E-state index in [1.165, 1.54) is 21.0 Å². The summed E-state index contributed by atoms with van der Waals surface area (Å²) in [5, 5.41) is 12.3. The van der Waals surface area contributed by atoms with Gasteiger partial charge in [-0.1, -0.05) is 53.7 Å². The second kappa shape index (κ2) is 8.16. The molecule has 0 aliphatic carbocycles. The Morgan fingerprint density at radius 3 is 1.81 bits per heavy atom. The quantitative estimate of drug-likeness (QED) is 0.551. The minimum Gasteiger partial charge on any atom is -0.507 e. The van der Waals surface area contributed by atoms with Gasteiger partial charge in [0.05, 0.1) is 5.03 Å². The van der Waals surface area contributed by atoms with E-state index >= 15 is 0 Å². The molecular weight excluding hydrogens is 370 g/mol. The molecule has 1 aromatic carbocycles. The zero-order valence-corrected chi connectivity index (χ0v) is 20.0. The van der Waals surface area contributed by atoms with E-state index in [9.17, 15) is 5.11 Å². The van der Waals surface area contributed by atoms with Crippen LogP contribution in [0.1, 0.15) is 70.7 Å². The number of hydrogen-bond acceptors (Lipinski definition) is 3. The number of thioether (sulfide) groups is 2. The molecule has 2 rings (SSSR count). The van der Waals surface area contributed by atoms with E-state index in [0.29, 0.717) is 5.75 Å². The van der Waals surface area contributed by atoms with Crippen molar-refractivity contribution in [3.8, 4) is 5.75 Å². The molecule has 4 heteroatoms. The summed E-state index contributed by atoms with van der Waals surface area (Å²) in [5.74, 6) is 0.458. The van der Waals surface area contributed by atoms with Crippen LogP contribution in [0.5, 0.6) is 5.75 Å². The predicted octanol–water partition coefficient (Wildman–Crippen LogP) is 6.84. The maximum atomic E-state index is 11.0. The Bertz CT molecular complexity index is 772. The first-order valence-corrected chi connectivity index (χ1v) is 12.1. The highest BCUT2D eigenvalue weighted by atomic mass is 32.2. The molecule has 0 aliphatic rings. The second-order valence-corrected chi connectivity index (χ2v) is 10.8. The van der Waals surface area contributed by atoms with Gasteiger partial charge in [-0.2, -0.15) is 0 Å². The number of aromatic nitrogens is 1. The zero-order valence-electron chi connectivity index (χ0n) is 18.4. The zero-order chi connectivity index (χ0) is 20.6. The van der Waals surface area contributed by atoms with E-state index in [4.69, 9.17) is 0 Å². The van der Waals surface area contributed by atoms with Gasteiger partial charge >= 0.3 is 0 Å². The van der Waals surface area contributed by atoms with E-state index in [1.54, 1.807) is 0 Å². The highest BCUT2D eigenvalue weighted by Crippen LogP contribution is 2.41. The smallest absolute Gasteiger partial charge is 0.123 e. The molecule has 1 heterocycles. The Labute approximate surface area is 174 Å². The molecule has 0 spiro atoms. The largest absolute Gasteiger partial charge is 0.507 e. The fraction of sp³-hybridized carbons (Fsp3) is 0.565. The molecule has 0 saturated carbocycles. The third-order valence-corrected chi connectivity index (χ3v) is 6.80. The number of phenols is 1. The first kappa shape index (κ1) is 22.3. The SMILES string of the molecule is CCn1cc(Cc2cc(C(C)(C)C)c(O)c(C(C)(C)C)c2)c(SC)c1SC. The predicted molar refractivity (Wildman–Crippen MR) is 122 cm³/mol. The van der Waals surface area contributed by atoms with Gasteiger partial charge in [0.25, 0.3) is 0 Å². The Morgan fingerprint density at radius 1 is 0.926 bits per heavy atom. The summed E-state index contributed by atoms with van der Waals surface area (Å²) in [7, 11) is 0. The molecule has 27 heavy (non-hydrogen) atoms. The van der Waals surface area contributed by atoms with Gasteiger partial charge in [-0.3, -0.25) is 0 Å². The molecule has 0 saturated heterocycles. The van der Waals surface area contributed by atoms with E-state index in [2.05, 4.69) is 83.9 Å². The number of rotatable bonds is 5. The molecule has 0 unspecified atom stereocenters. The molecule has 0 amide bonds. The van der Waals surface area contributed by atoms with Crippen molar-refractivity contribution in [2.75, 3.05) is 12.5 Å². The fourth-order valence-corrected chi connectivity index (χ4v) is 5.43. The van der Waals surface area contributed by atoms with Gasteiger partial charge < -0.3 is 9.67 Å². The van der Waals surface area contributed by atoms with Crippen LogP contribution < -0.4 is 0 Å². The van der Waals surface area contributed by atoms with Crippen molar-refractivity contribution in [3.63, 3.8) is 0 Å². The van der Waals surface area contributed by atoms with Gasteiger partial charge in [-0.05, 0) is 52.5 Å². The van der Waals surface area contributed by atoms with Crippen LogP contribution in [0.3, 0.4) is 0 Å². The van der Waals surface area contributed by atoms with E-state index in [1.807, 2.05) is 23.5 Å². The Kier molecular flexibility index (Phi) is 6.74. The normalized spacial score (nSPS) is 12.6. The summed E-state index contributed by atoms with van der Waals surface area (Å²) >= 11 is 3.66. The fourth-order valence-electron chi connectivity index (χ4n) is 3.52. The molecule has 0 fully saturated rings. The Morgan fingerprint density at radius 2 is 1.44 bits per heavy atom. The standard InChI is InChI=1S/C23H35NOS2/c1-10-24-14-16(20(26-8)21(24)27-9)11-15-12-17(22(2,3)4)19(25)18(13-15)23(5,6)7/h12-14,25H,10-11H2,1-9H3. The van der Waals surface area contributed by atoms with E-state index in [-0.39, 0.29) is 10.8 Å². The van der Waals surface area contributed by atoms with Crippen molar-refractivity contribution in [1.82, 2.24) is 4.57 Å². The van der Waals surface area contributed by atoms with Gasteiger partial charge in [-0.25, -0.2) is 0 Å². The number of aromatic hydroxyl groups is 1. The second-order valence-electron chi connectivity index (χ2n) is 9.20. The molecule has 150 valence electrons. The number of phenolic OH excluding ortho intramolecular Hbond substituents is 1.